The molecule has 2 aromatic carbocycles. The van der Waals surface area contributed by atoms with E-state index in [0.717, 1.165) is 23.6 Å². The minimum absolute atomic E-state index is 0.405. The number of fused-ring (bicyclic) bond motifs is 1. The minimum Gasteiger partial charge on any atom is -0.479 e. The van der Waals surface area contributed by atoms with E-state index in [-0.39, 0.29) is 0 Å². The van der Waals surface area contributed by atoms with E-state index >= 15 is 0 Å². The average Bonchev–Trinajstić information content (AvgIpc) is 3.14. The van der Waals surface area contributed by atoms with Gasteiger partial charge in [0.1, 0.15) is 5.75 Å². The van der Waals surface area contributed by atoms with Crippen molar-refractivity contribution in [2.24, 2.45) is 0 Å². The van der Waals surface area contributed by atoms with Crippen molar-refractivity contribution in [2.75, 3.05) is 5.75 Å². The van der Waals surface area contributed by atoms with Gasteiger partial charge in [-0.25, -0.2) is 13.2 Å². The van der Waals surface area contributed by atoms with E-state index in [1.807, 2.05) is 24.3 Å². The third-order valence-corrected chi connectivity index (χ3v) is 6.95. The Morgan fingerprint density at radius 3 is 2.38 bits per heavy atom. The average molecular weight is 375 g/mol. The largest absolute Gasteiger partial charge is 0.479 e. The zero-order valence-corrected chi connectivity index (χ0v) is 15.0. The van der Waals surface area contributed by atoms with Crippen molar-refractivity contribution < 1.29 is 23.1 Å². The Kier molecular flexibility index (Phi) is 5.27. The molecule has 6 nitrogen and oxygen atoms in total. The van der Waals surface area contributed by atoms with Crippen LogP contribution in [-0.2, 0) is 19.4 Å². The summed E-state index contributed by atoms with van der Waals surface area (Å²) in [5.41, 5.74) is 0.405. The SMILES string of the molecule is O=C(CS(=O)(=O)C1CCCC1)NC(C(=O)O)c1ccc2ccccc2c1. The first-order valence-corrected chi connectivity index (χ1v) is 10.3. The highest BCUT2D eigenvalue weighted by molar-refractivity contribution is 7.92. The van der Waals surface area contributed by atoms with Crippen molar-refractivity contribution in [3.8, 4) is 0 Å². The molecule has 0 heterocycles. The Morgan fingerprint density at radius 2 is 1.73 bits per heavy atom. The fourth-order valence-electron chi connectivity index (χ4n) is 3.43. The molecule has 1 amide bonds. The molecule has 2 N–H and O–H groups in total. The summed E-state index contributed by atoms with van der Waals surface area (Å²) in [4.78, 5) is 23.8. The van der Waals surface area contributed by atoms with Crippen molar-refractivity contribution in [2.45, 2.75) is 37.0 Å². The van der Waals surface area contributed by atoms with Gasteiger partial charge >= 0.3 is 5.97 Å². The Hall–Kier alpha value is -2.41. The van der Waals surface area contributed by atoms with E-state index in [1.165, 1.54) is 0 Å². The van der Waals surface area contributed by atoms with Crippen LogP contribution < -0.4 is 5.32 Å². The normalized spacial score (nSPS) is 16.5. The molecule has 26 heavy (non-hydrogen) atoms. The minimum atomic E-state index is -3.55. The number of nitrogens with one attached hydrogen (secondary N) is 1. The number of sulfone groups is 1. The van der Waals surface area contributed by atoms with Crippen LogP contribution in [0.4, 0.5) is 0 Å². The molecule has 138 valence electrons. The summed E-state index contributed by atoms with van der Waals surface area (Å²) in [6, 6.07) is 11.3. The number of carboxylic acid groups (broad SMARTS) is 1. The lowest BCUT2D eigenvalue weighted by Crippen LogP contribution is -2.39. The van der Waals surface area contributed by atoms with Crippen LogP contribution in [0.5, 0.6) is 0 Å². The third kappa shape index (κ3) is 4.04. The van der Waals surface area contributed by atoms with Crippen molar-refractivity contribution in [1.82, 2.24) is 5.32 Å². The standard InChI is InChI=1S/C19H21NO5S/c21-17(12-26(24,25)16-7-3-4-8-16)20-18(19(22)23)15-10-9-13-5-1-2-6-14(13)11-15/h1-2,5-6,9-11,16,18H,3-4,7-8,12H2,(H,20,21)(H,22,23). The molecule has 1 atom stereocenters. The molecule has 0 saturated heterocycles. The van der Waals surface area contributed by atoms with Gasteiger partial charge < -0.3 is 10.4 Å². The van der Waals surface area contributed by atoms with Crippen LogP contribution in [0.15, 0.2) is 42.5 Å². The van der Waals surface area contributed by atoms with Crippen LogP contribution in [0, 0.1) is 0 Å². The number of hydrogen-bond donors (Lipinski definition) is 2. The monoisotopic (exact) mass is 375 g/mol. The van der Waals surface area contributed by atoms with Gasteiger partial charge in [0, 0.05) is 0 Å². The van der Waals surface area contributed by atoms with Crippen molar-refractivity contribution >= 4 is 32.5 Å². The molecule has 0 bridgehead atoms. The zero-order chi connectivity index (χ0) is 18.7. The van der Waals surface area contributed by atoms with Crippen molar-refractivity contribution in [3.63, 3.8) is 0 Å². The van der Waals surface area contributed by atoms with Crippen LogP contribution in [0.25, 0.3) is 10.8 Å². The van der Waals surface area contributed by atoms with E-state index in [0.29, 0.717) is 18.4 Å². The van der Waals surface area contributed by atoms with Crippen molar-refractivity contribution in [3.05, 3.63) is 48.0 Å². The summed E-state index contributed by atoms with van der Waals surface area (Å²) < 4.78 is 24.6. The Bertz CT molecular complexity index is 932. The molecule has 0 aromatic heterocycles. The Balaban J connectivity index is 1.77. The molecule has 1 saturated carbocycles. The lowest BCUT2D eigenvalue weighted by atomic mass is 10.0. The van der Waals surface area contributed by atoms with Crippen LogP contribution in [0.3, 0.4) is 0 Å². The molecule has 7 heteroatoms. The van der Waals surface area contributed by atoms with E-state index < -0.39 is 38.8 Å². The molecule has 1 aliphatic carbocycles. The Morgan fingerprint density at radius 1 is 1.08 bits per heavy atom. The van der Waals surface area contributed by atoms with Gasteiger partial charge in [0.25, 0.3) is 0 Å². The van der Waals surface area contributed by atoms with Gasteiger partial charge in [-0.2, -0.15) is 0 Å². The highest BCUT2D eigenvalue weighted by atomic mass is 32.2. The Labute approximate surface area is 152 Å². The first kappa shape index (κ1) is 18.4. The summed E-state index contributed by atoms with van der Waals surface area (Å²) in [7, 11) is -3.55. The van der Waals surface area contributed by atoms with Gasteiger partial charge in [-0.15, -0.1) is 0 Å². The second-order valence-corrected chi connectivity index (χ2v) is 8.94. The molecule has 1 unspecified atom stereocenters. The number of carboxylic acids is 1. The molecular formula is C19H21NO5S. The molecule has 3 rings (SSSR count). The van der Waals surface area contributed by atoms with E-state index in [9.17, 15) is 23.1 Å². The lowest BCUT2D eigenvalue weighted by molar-refractivity contribution is -0.141. The number of amides is 1. The van der Waals surface area contributed by atoms with Gasteiger partial charge in [-0.1, -0.05) is 49.2 Å². The lowest BCUT2D eigenvalue weighted by Gasteiger charge is -2.17. The third-order valence-electron chi connectivity index (χ3n) is 4.80. The topological polar surface area (TPSA) is 101 Å². The van der Waals surface area contributed by atoms with Gasteiger partial charge in [0.15, 0.2) is 15.9 Å². The number of carbonyl (C=O) groups excluding carboxylic acids is 1. The van der Waals surface area contributed by atoms with Gasteiger partial charge in [0.05, 0.1) is 5.25 Å². The van der Waals surface area contributed by atoms with Crippen LogP contribution in [0.2, 0.25) is 0 Å². The van der Waals surface area contributed by atoms with Gasteiger partial charge in [-0.05, 0) is 35.2 Å². The second kappa shape index (κ2) is 7.45. The molecule has 2 aromatic rings. The van der Waals surface area contributed by atoms with E-state index in [2.05, 4.69) is 5.32 Å². The maximum atomic E-state index is 12.3. The second-order valence-electron chi connectivity index (χ2n) is 6.66. The molecule has 0 radical (unpaired) electrons. The number of rotatable bonds is 6. The summed E-state index contributed by atoms with van der Waals surface area (Å²) in [5, 5.41) is 13.2. The first-order chi connectivity index (χ1) is 12.4. The summed E-state index contributed by atoms with van der Waals surface area (Å²) in [6.45, 7) is 0. The van der Waals surface area contributed by atoms with Crippen LogP contribution in [0.1, 0.15) is 37.3 Å². The summed E-state index contributed by atoms with van der Waals surface area (Å²) in [6.07, 6.45) is 2.84. The maximum absolute atomic E-state index is 12.3. The zero-order valence-electron chi connectivity index (χ0n) is 14.2. The molecular weight excluding hydrogens is 354 g/mol. The predicted molar refractivity (Wildman–Crippen MR) is 98.5 cm³/mol. The van der Waals surface area contributed by atoms with Crippen LogP contribution >= 0.6 is 0 Å². The summed E-state index contributed by atoms with van der Waals surface area (Å²) in [5.74, 6) is -2.68. The van der Waals surface area contributed by atoms with Crippen LogP contribution in [-0.4, -0.2) is 36.4 Å². The van der Waals surface area contributed by atoms with Gasteiger partial charge in [-0.3, -0.25) is 4.79 Å². The van der Waals surface area contributed by atoms with Gasteiger partial charge in [0.2, 0.25) is 5.91 Å². The molecule has 0 aliphatic heterocycles. The maximum Gasteiger partial charge on any atom is 0.330 e. The van der Waals surface area contributed by atoms with E-state index in [1.54, 1.807) is 18.2 Å². The quantitative estimate of drug-likeness (QED) is 0.808. The first-order valence-electron chi connectivity index (χ1n) is 8.59. The number of aliphatic carboxylic acids is 1. The highest BCUT2D eigenvalue weighted by Crippen LogP contribution is 2.25. The number of benzene rings is 2. The molecule has 1 fully saturated rings. The fraction of sp³-hybridized carbons (Fsp3) is 0.368. The number of carbonyl (C=O) groups is 2. The smallest absolute Gasteiger partial charge is 0.330 e. The van der Waals surface area contributed by atoms with Crippen molar-refractivity contribution in [1.29, 1.82) is 0 Å². The molecule has 1 aliphatic rings. The highest BCUT2D eigenvalue weighted by Gasteiger charge is 2.32. The van der Waals surface area contributed by atoms with E-state index in [4.69, 9.17) is 0 Å². The summed E-state index contributed by atoms with van der Waals surface area (Å²) >= 11 is 0. The number of hydrogen-bond acceptors (Lipinski definition) is 4. The predicted octanol–water partition coefficient (Wildman–Crippen LogP) is 2.44. The fourth-order valence-corrected chi connectivity index (χ4v) is 5.16. The molecule has 0 spiro atoms.